The van der Waals surface area contributed by atoms with Crippen LogP contribution >= 0.6 is 11.6 Å². The topological polar surface area (TPSA) is 43.6 Å². The van der Waals surface area contributed by atoms with Crippen LogP contribution in [0.1, 0.15) is 5.56 Å². The molecule has 0 aliphatic heterocycles. The summed E-state index contributed by atoms with van der Waals surface area (Å²) in [5, 5.41) is 4.48. The van der Waals surface area contributed by atoms with E-state index < -0.39 is 0 Å². The van der Waals surface area contributed by atoms with Crippen molar-refractivity contribution in [2.24, 2.45) is 0 Å². The molecule has 0 fully saturated rings. The van der Waals surface area contributed by atoms with Crippen LogP contribution in [0, 0.1) is 0 Å². The van der Waals surface area contributed by atoms with Crippen LogP contribution in [0.4, 0.5) is 0 Å². The van der Waals surface area contributed by atoms with Gasteiger partial charge >= 0.3 is 0 Å². The minimum atomic E-state index is 0.498. The fourth-order valence-corrected chi connectivity index (χ4v) is 1.24. The van der Waals surface area contributed by atoms with E-state index in [4.69, 9.17) is 11.6 Å². The lowest BCUT2D eigenvalue weighted by Gasteiger charge is -2.00. The van der Waals surface area contributed by atoms with Crippen molar-refractivity contribution in [1.29, 1.82) is 0 Å². The van der Waals surface area contributed by atoms with Crippen molar-refractivity contribution < 1.29 is 0 Å². The zero-order chi connectivity index (χ0) is 9.10. The van der Waals surface area contributed by atoms with E-state index in [1.54, 1.807) is 17.2 Å². The van der Waals surface area contributed by atoms with Crippen LogP contribution in [0.2, 0.25) is 5.15 Å². The Morgan fingerprint density at radius 3 is 3.08 bits per heavy atom. The molecule has 2 aromatic heterocycles. The molecular formula is C8H7ClN4. The van der Waals surface area contributed by atoms with Gasteiger partial charge in [0.05, 0.1) is 6.54 Å². The molecule has 0 unspecified atom stereocenters. The minimum Gasteiger partial charge on any atom is -0.249 e. The molecule has 0 saturated carbocycles. The van der Waals surface area contributed by atoms with Gasteiger partial charge in [0.25, 0.3) is 0 Å². The van der Waals surface area contributed by atoms with Crippen molar-refractivity contribution in [2.45, 2.75) is 6.54 Å². The first kappa shape index (κ1) is 8.19. The maximum absolute atomic E-state index is 5.73. The first-order valence-corrected chi connectivity index (χ1v) is 4.15. The minimum absolute atomic E-state index is 0.498. The van der Waals surface area contributed by atoms with Gasteiger partial charge in [-0.05, 0) is 17.7 Å². The van der Waals surface area contributed by atoms with E-state index >= 15 is 0 Å². The van der Waals surface area contributed by atoms with Gasteiger partial charge in [-0.15, -0.1) is 0 Å². The third kappa shape index (κ3) is 2.03. The average Bonchev–Trinajstić information content (AvgIpc) is 2.57. The van der Waals surface area contributed by atoms with Crippen LogP contribution in [-0.4, -0.2) is 19.7 Å². The summed E-state index contributed by atoms with van der Waals surface area (Å²) in [6, 6.07) is 3.71. The number of hydrogen-bond acceptors (Lipinski definition) is 3. The smallest absolute Gasteiger partial charge is 0.137 e. The molecule has 5 heteroatoms. The second-order valence-corrected chi connectivity index (χ2v) is 2.97. The van der Waals surface area contributed by atoms with Crippen molar-refractivity contribution in [3.63, 3.8) is 0 Å². The Labute approximate surface area is 80.2 Å². The molecule has 0 bridgehead atoms. The Balaban J connectivity index is 2.19. The Morgan fingerprint density at radius 2 is 2.38 bits per heavy atom. The zero-order valence-corrected chi connectivity index (χ0v) is 7.52. The highest BCUT2D eigenvalue weighted by Gasteiger charge is 1.96. The van der Waals surface area contributed by atoms with Gasteiger partial charge < -0.3 is 0 Å². The molecule has 0 amide bonds. The predicted octanol–water partition coefficient (Wildman–Crippen LogP) is 1.37. The van der Waals surface area contributed by atoms with E-state index in [2.05, 4.69) is 15.1 Å². The lowest BCUT2D eigenvalue weighted by molar-refractivity contribution is 0.684. The summed E-state index contributed by atoms with van der Waals surface area (Å²) < 4.78 is 1.73. The number of nitrogens with zero attached hydrogens (tertiary/aromatic N) is 4. The summed E-state index contributed by atoms with van der Waals surface area (Å²) in [5.74, 6) is 0. The third-order valence-corrected chi connectivity index (χ3v) is 1.81. The molecule has 13 heavy (non-hydrogen) atoms. The average molecular weight is 195 g/mol. The molecule has 0 spiro atoms. The second kappa shape index (κ2) is 3.53. The van der Waals surface area contributed by atoms with E-state index in [1.807, 2.05) is 12.1 Å². The van der Waals surface area contributed by atoms with Crippen LogP contribution in [0.5, 0.6) is 0 Å². The first-order chi connectivity index (χ1) is 6.34. The van der Waals surface area contributed by atoms with Gasteiger partial charge in [-0.3, -0.25) is 0 Å². The Morgan fingerprint density at radius 1 is 1.46 bits per heavy atom. The van der Waals surface area contributed by atoms with Crippen LogP contribution in [-0.2, 0) is 6.54 Å². The van der Waals surface area contributed by atoms with E-state index in [9.17, 15) is 0 Å². The fourth-order valence-electron chi connectivity index (χ4n) is 1.04. The molecule has 0 aliphatic carbocycles. The lowest BCUT2D eigenvalue weighted by Crippen LogP contribution is -1.99. The third-order valence-electron chi connectivity index (χ3n) is 1.60. The van der Waals surface area contributed by atoms with Crippen LogP contribution in [0.15, 0.2) is 31.0 Å². The highest BCUT2D eigenvalue weighted by atomic mass is 35.5. The largest absolute Gasteiger partial charge is 0.249 e. The monoisotopic (exact) mass is 194 g/mol. The van der Waals surface area contributed by atoms with Crippen LogP contribution in [0.3, 0.4) is 0 Å². The summed E-state index contributed by atoms with van der Waals surface area (Å²) in [4.78, 5) is 7.73. The first-order valence-electron chi connectivity index (χ1n) is 3.77. The number of halogens is 1. The lowest BCUT2D eigenvalue weighted by atomic mass is 10.3. The molecule has 66 valence electrons. The van der Waals surface area contributed by atoms with E-state index in [0.717, 1.165) is 5.56 Å². The van der Waals surface area contributed by atoms with Gasteiger partial charge in [0.2, 0.25) is 0 Å². The van der Waals surface area contributed by atoms with Crippen molar-refractivity contribution in [3.05, 3.63) is 41.7 Å². The summed E-state index contributed by atoms with van der Waals surface area (Å²) in [7, 11) is 0. The quantitative estimate of drug-likeness (QED) is 0.679. The summed E-state index contributed by atoms with van der Waals surface area (Å²) >= 11 is 5.73. The second-order valence-electron chi connectivity index (χ2n) is 2.58. The molecule has 0 N–H and O–H groups in total. The van der Waals surface area contributed by atoms with E-state index in [0.29, 0.717) is 11.7 Å². The maximum atomic E-state index is 5.73. The van der Waals surface area contributed by atoms with Crippen LogP contribution in [0.25, 0.3) is 0 Å². The summed E-state index contributed by atoms with van der Waals surface area (Å²) in [6.45, 7) is 0.669. The summed E-state index contributed by atoms with van der Waals surface area (Å²) in [5.41, 5.74) is 1.06. The SMILES string of the molecule is Clc1cc(Cn2cncn2)ccn1. The number of pyridine rings is 1. The molecular weight excluding hydrogens is 188 g/mol. The normalized spacial score (nSPS) is 10.2. The molecule has 0 radical (unpaired) electrons. The Kier molecular flexibility index (Phi) is 2.23. The molecule has 0 aromatic carbocycles. The van der Waals surface area contributed by atoms with Gasteiger partial charge in [0.1, 0.15) is 17.8 Å². The van der Waals surface area contributed by atoms with Crippen molar-refractivity contribution in [1.82, 2.24) is 19.7 Å². The van der Waals surface area contributed by atoms with E-state index in [-0.39, 0.29) is 0 Å². The Hall–Kier alpha value is -1.42. The Bertz CT molecular complexity index is 385. The van der Waals surface area contributed by atoms with E-state index in [1.165, 1.54) is 6.33 Å². The number of hydrogen-bond donors (Lipinski definition) is 0. The molecule has 2 heterocycles. The van der Waals surface area contributed by atoms with Crippen LogP contribution < -0.4 is 0 Å². The highest BCUT2D eigenvalue weighted by Crippen LogP contribution is 2.07. The van der Waals surface area contributed by atoms with Crippen molar-refractivity contribution in [2.75, 3.05) is 0 Å². The predicted molar refractivity (Wildman–Crippen MR) is 48.4 cm³/mol. The molecule has 2 rings (SSSR count). The number of aromatic nitrogens is 4. The van der Waals surface area contributed by atoms with Gasteiger partial charge in [-0.2, -0.15) is 5.10 Å². The fraction of sp³-hybridized carbons (Fsp3) is 0.125. The van der Waals surface area contributed by atoms with Gasteiger partial charge in [0, 0.05) is 6.20 Å². The van der Waals surface area contributed by atoms with Gasteiger partial charge in [0.15, 0.2) is 0 Å². The molecule has 0 aliphatic rings. The number of rotatable bonds is 2. The molecule has 0 atom stereocenters. The van der Waals surface area contributed by atoms with Gasteiger partial charge in [-0.25, -0.2) is 14.6 Å². The highest BCUT2D eigenvalue weighted by molar-refractivity contribution is 6.29. The zero-order valence-electron chi connectivity index (χ0n) is 6.76. The van der Waals surface area contributed by atoms with Crippen molar-refractivity contribution >= 4 is 11.6 Å². The molecule has 4 nitrogen and oxygen atoms in total. The van der Waals surface area contributed by atoms with Crippen molar-refractivity contribution in [3.8, 4) is 0 Å². The maximum Gasteiger partial charge on any atom is 0.137 e. The van der Waals surface area contributed by atoms with Gasteiger partial charge in [-0.1, -0.05) is 11.6 Å². The molecule has 2 aromatic rings. The molecule has 0 saturated heterocycles. The standard InChI is InChI=1S/C8H7ClN4/c9-8-3-7(1-2-11-8)4-13-6-10-5-12-13/h1-3,5-6H,4H2. The summed E-state index contributed by atoms with van der Waals surface area (Å²) in [6.07, 6.45) is 4.84.